The summed E-state index contributed by atoms with van der Waals surface area (Å²) in [6.07, 6.45) is 3.70. The van der Waals surface area contributed by atoms with E-state index in [1.54, 1.807) is 22.7 Å². The predicted octanol–water partition coefficient (Wildman–Crippen LogP) is 5.09. The molecule has 118 valence electrons. The van der Waals surface area contributed by atoms with Crippen LogP contribution in [0.15, 0.2) is 53.5 Å². The summed E-state index contributed by atoms with van der Waals surface area (Å²) in [6, 6.07) is 10.2. The fourth-order valence-corrected chi connectivity index (χ4v) is 3.83. The number of hydrogen-bond donors (Lipinski definition) is 0. The van der Waals surface area contributed by atoms with E-state index in [9.17, 15) is 0 Å². The van der Waals surface area contributed by atoms with Crippen molar-refractivity contribution in [3.8, 4) is 10.0 Å². The molecule has 0 aliphatic rings. The van der Waals surface area contributed by atoms with Crippen LogP contribution < -0.4 is 0 Å². The van der Waals surface area contributed by atoms with Gasteiger partial charge in [0.15, 0.2) is 0 Å². The summed E-state index contributed by atoms with van der Waals surface area (Å²) in [5.41, 5.74) is 2.38. The summed E-state index contributed by atoms with van der Waals surface area (Å²) in [4.78, 5) is 0. The molecule has 0 spiro atoms. The summed E-state index contributed by atoms with van der Waals surface area (Å²) in [6.45, 7) is 4.13. The van der Waals surface area contributed by atoms with Gasteiger partial charge in [-0.15, -0.1) is 22.7 Å². The zero-order valence-corrected chi connectivity index (χ0v) is 16.5. The Balaban J connectivity index is 0.000000136. The first-order chi connectivity index (χ1) is 11.2. The van der Waals surface area contributed by atoms with Gasteiger partial charge in [-0.1, -0.05) is 0 Å². The van der Waals surface area contributed by atoms with Crippen LogP contribution in [0.2, 0.25) is 0 Å². The van der Waals surface area contributed by atoms with Crippen LogP contribution in [-0.4, -0.2) is 19.6 Å². The highest BCUT2D eigenvalue weighted by molar-refractivity contribution is 14.1. The lowest BCUT2D eigenvalue weighted by molar-refractivity contribution is 0.862. The number of thiophene rings is 2. The molecular formula is C16H15IN4S2. The van der Waals surface area contributed by atoms with Crippen molar-refractivity contribution in [1.29, 1.82) is 0 Å². The van der Waals surface area contributed by atoms with E-state index in [0.29, 0.717) is 0 Å². The normalized spacial score (nSPS) is 10.4. The Labute approximate surface area is 156 Å². The lowest BCUT2D eigenvalue weighted by atomic mass is 10.5. The van der Waals surface area contributed by atoms with E-state index in [1.165, 1.54) is 25.0 Å². The third kappa shape index (κ3) is 3.73. The zero-order chi connectivity index (χ0) is 16.2. The second-order valence-electron chi connectivity index (χ2n) is 4.78. The Morgan fingerprint density at radius 3 is 2.00 bits per heavy atom. The molecule has 0 atom stereocenters. The van der Waals surface area contributed by atoms with Gasteiger partial charge < -0.3 is 0 Å². The molecule has 0 aromatic carbocycles. The average molecular weight is 454 g/mol. The average Bonchev–Trinajstić information content (AvgIpc) is 3.30. The third-order valence-corrected chi connectivity index (χ3v) is 5.96. The molecule has 0 fully saturated rings. The Kier molecular flexibility index (Phi) is 5.29. The number of nitrogens with zero attached hydrogens (tertiary/aromatic N) is 4. The zero-order valence-electron chi connectivity index (χ0n) is 12.7. The van der Waals surface area contributed by atoms with Gasteiger partial charge in [0.25, 0.3) is 0 Å². The number of aromatic nitrogens is 4. The molecule has 0 aliphatic heterocycles. The quantitative estimate of drug-likeness (QED) is 0.396. The van der Waals surface area contributed by atoms with E-state index >= 15 is 0 Å². The van der Waals surface area contributed by atoms with Crippen LogP contribution in [0, 0.1) is 17.4 Å². The summed E-state index contributed by atoms with van der Waals surface area (Å²) in [5.74, 6) is 0. The highest BCUT2D eigenvalue weighted by atomic mass is 127. The second-order valence-corrected chi connectivity index (χ2v) is 7.79. The summed E-state index contributed by atoms with van der Waals surface area (Å²) in [7, 11) is 0. The molecule has 4 aromatic rings. The Morgan fingerprint density at radius 1 is 0.913 bits per heavy atom. The number of aryl methyl sites for hydroxylation is 1. The third-order valence-electron chi connectivity index (χ3n) is 3.21. The number of hydrogen-bond acceptors (Lipinski definition) is 4. The fraction of sp³-hybridized carbons (Fsp3) is 0.125. The van der Waals surface area contributed by atoms with Crippen molar-refractivity contribution in [3.63, 3.8) is 0 Å². The lowest BCUT2D eigenvalue weighted by Gasteiger charge is -1.98. The molecule has 0 bridgehead atoms. The van der Waals surface area contributed by atoms with Crippen LogP contribution in [0.1, 0.15) is 11.4 Å². The van der Waals surface area contributed by atoms with E-state index in [2.05, 4.69) is 62.6 Å². The van der Waals surface area contributed by atoms with Gasteiger partial charge in [-0.2, -0.15) is 10.2 Å². The monoisotopic (exact) mass is 454 g/mol. The van der Waals surface area contributed by atoms with E-state index in [-0.39, 0.29) is 0 Å². The molecule has 4 aromatic heterocycles. The maximum absolute atomic E-state index is 4.28. The van der Waals surface area contributed by atoms with Crippen molar-refractivity contribution in [2.24, 2.45) is 0 Å². The van der Waals surface area contributed by atoms with Gasteiger partial charge in [0.05, 0.1) is 15.5 Å². The first-order valence-electron chi connectivity index (χ1n) is 6.95. The smallest absolute Gasteiger partial charge is 0.117 e. The Hall–Kier alpha value is -1.45. The minimum absolute atomic E-state index is 1.17. The van der Waals surface area contributed by atoms with Crippen molar-refractivity contribution in [2.75, 3.05) is 0 Å². The maximum atomic E-state index is 4.28. The molecule has 23 heavy (non-hydrogen) atoms. The molecule has 4 heterocycles. The van der Waals surface area contributed by atoms with Crippen molar-refractivity contribution < 1.29 is 0 Å². The van der Waals surface area contributed by atoms with Crippen LogP contribution in [0.5, 0.6) is 0 Å². The first-order valence-corrected chi connectivity index (χ1v) is 9.79. The second kappa shape index (κ2) is 7.41. The molecule has 4 rings (SSSR count). The summed E-state index contributed by atoms with van der Waals surface area (Å²) >= 11 is 5.69. The highest BCUT2D eigenvalue weighted by Gasteiger charge is 2.05. The fourth-order valence-electron chi connectivity index (χ4n) is 1.99. The van der Waals surface area contributed by atoms with Gasteiger partial charge in [-0.25, -0.2) is 9.36 Å². The molecular weight excluding hydrogens is 439 g/mol. The van der Waals surface area contributed by atoms with Gasteiger partial charge >= 0.3 is 0 Å². The van der Waals surface area contributed by atoms with Crippen molar-refractivity contribution in [2.45, 2.75) is 13.8 Å². The van der Waals surface area contributed by atoms with Crippen LogP contribution in [0.4, 0.5) is 0 Å². The van der Waals surface area contributed by atoms with Crippen LogP contribution >= 0.6 is 45.3 Å². The van der Waals surface area contributed by atoms with Gasteiger partial charge in [-0.05, 0) is 77.5 Å². The highest BCUT2D eigenvalue weighted by Crippen LogP contribution is 2.19. The minimum atomic E-state index is 1.17. The maximum Gasteiger partial charge on any atom is 0.117 e. The van der Waals surface area contributed by atoms with E-state index < -0.39 is 0 Å². The van der Waals surface area contributed by atoms with Crippen molar-refractivity contribution in [3.05, 3.63) is 68.4 Å². The molecule has 4 nitrogen and oxygen atoms in total. The Bertz CT molecular complexity index is 860. The van der Waals surface area contributed by atoms with Gasteiger partial charge in [0.1, 0.15) is 10.0 Å². The SMILES string of the molecule is Cc1c(I)cnn1-c1cccs1.Cc1ccnn1-c1cccs1. The largest absolute Gasteiger partial charge is 0.228 e. The molecule has 7 heteroatoms. The van der Waals surface area contributed by atoms with E-state index in [4.69, 9.17) is 0 Å². The van der Waals surface area contributed by atoms with Gasteiger partial charge in [-0.3, -0.25) is 0 Å². The molecule has 0 N–H and O–H groups in total. The molecule has 0 radical (unpaired) electrons. The topological polar surface area (TPSA) is 35.6 Å². The molecule has 0 unspecified atom stereocenters. The molecule has 0 saturated heterocycles. The van der Waals surface area contributed by atoms with Crippen LogP contribution in [-0.2, 0) is 0 Å². The summed E-state index contributed by atoms with van der Waals surface area (Å²) in [5, 5.41) is 14.9. The molecule has 0 aliphatic carbocycles. The first kappa shape index (κ1) is 16.4. The van der Waals surface area contributed by atoms with E-state index in [1.807, 2.05) is 46.9 Å². The number of halogens is 1. The minimum Gasteiger partial charge on any atom is -0.228 e. The van der Waals surface area contributed by atoms with Crippen LogP contribution in [0.25, 0.3) is 10.0 Å². The van der Waals surface area contributed by atoms with Gasteiger partial charge in [0, 0.05) is 11.9 Å². The van der Waals surface area contributed by atoms with E-state index in [0.717, 1.165) is 0 Å². The van der Waals surface area contributed by atoms with Gasteiger partial charge in [0.2, 0.25) is 0 Å². The molecule has 0 amide bonds. The molecule has 0 saturated carbocycles. The van der Waals surface area contributed by atoms with Crippen molar-refractivity contribution >= 4 is 45.3 Å². The Morgan fingerprint density at radius 2 is 1.57 bits per heavy atom. The predicted molar refractivity (Wildman–Crippen MR) is 105 cm³/mol. The standard InChI is InChI=1S/C8H7IN2S.C8H8N2S/c1-6-7(9)5-10-11(6)8-3-2-4-12-8;1-7-4-5-9-10(7)8-3-2-6-11-8/h2-5H,1H3;2-6H,1H3. The lowest BCUT2D eigenvalue weighted by Crippen LogP contribution is -1.95. The van der Waals surface area contributed by atoms with Crippen molar-refractivity contribution in [1.82, 2.24) is 19.6 Å². The number of rotatable bonds is 2. The summed E-state index contributed by atoms with van der Waals surface area (Å²) < 4.78 is 5.11. The van der Waals surface area contributed by atoms with Crippen LogP contribution in [0.3, 0.4) is 0 Å².